The number of allylic oxidation sites excluding steroid dienone is 1. The molecule has 0 aromatic carbocycles. The molecule has 1 atom stereocenters. The minimum Gasteiger partial charge on any atom is -0.287 e. The monoisotopic (exact) mass is 128 g/mol. The molecule has 0 saturated carbocycles. The number of thioether (sulfide) groups is 1. The summed E-state index contributed by atoms with van der Waals surface area (Å²) in [6, 6.07) is 0. The van der Waals surface area contributed by atoms with E-state index in [0.29, 0.717) is 16.8 Å². The fourth-order valence-electron chi connectivity index (χ4n) is 0.651. The lowest BCUT2D eigenvalue weighted by molar-refractivity contribution is -0.110. The number of rotatable bonds is 0. The van der Waals surface area contributed by atoms with E-state index < -0.39 is 0 Å². The highest BCUT2D eigenvalue weighted by molar-refractivity contribution is 8.14. The predicted octanol–water partition coefficient (Wildman–Crippen LogP) is 1.59. The standard InChI is InChI=1S/C6H8OS/c1-5-3-2-4-6(7)8-5/h2-3,5H,4H2,1H3. The third-order valence-corrected chi connectivity index (χ3v) is 1.97. The molecule has 0 aromatic rings. The summed E-state index contributed by atoms with van der Waals surface area (Å²) in [5, 5.41) is 0.691. The number of carbonyl (C=O) groups is 1. The van der Waals surface area contributed by atoms with E-state index in [1.165, 1.54) is 11.8 Å². The Bertz CT molecular complexity index is 128. The van der Waals surface area contributed by atoms with Crippen LogP contribution in [0.2, 0.25) is 0 Å². The van der Waals surface area contributed by atoms with Crippen molar-refractivity contribution in [2.24, 2.45) is 0 Å². The molecule has 0 fully saturated rings. The van der Waals surface area contributed by atoms with Crippen molar-refractivity contribution < 1.29 is 4.79 Å². The van der Waals surface area contributed by atoms with Gasteiger partial charge in [0.1, 0.15) is 0 Å². The van der Waals surface area contributed by atoms with Crippen LogP contribution in [0.5, 0.6) is 0 Å². The first-order valence-corrected chi connectivity index (χ1v) is 3.53. The van der Waals surface area contributed by atoms with Gasteiger partial charge in [-0.15, -0.1) is 0 Å². The molecule has 0 spiro atoms. The SMILES string of the molecule is CC1C=CCC(=O)S1. The molecule has 0 amide bonds. The Balaban J connectivity index is 2.54. The molecule has 0 aromatic heterocycles. The molecule has 1 aliphatic heterocycles. The molecule has 0 aliphatic carbocycles. The van der Waals surface area contributed by atoms with Gasteiger partial charge in [-0.3, -0.25) is 4.79 Å². The van der Waals surface area contributed by atoms with Crippen molar-refractivity contribution in [3.63, 3.8) is 0 Å². The van der Waals surface area contributed by atoms with Crippen molar-refractivity contribution in [3.8, 4) is 0 Å². The number of carbonyl (C=O) groups excluding carboxylic acids is 1. The van der Waals surface area contributed by atoms with E-state index in [1.54, 1.807) is 0 Å². The molecular weight excluding hydrogens is 120 g/mol. The second-order valence-electron chi connectivity index (χ2n) is 1.83. The van der Waals surface area contributed by atoms with Crippen LogP contribution in [0.15, 0.2) is 12.2 Å². The van der Waals surface area contributed by atoms with Gasteiger partial charge in [0.2, 0.25) is 0 Å². The van der Waals surface area contributed by atoms with E-state index in [-0.39, 0.29) is 0 Å². The summed E-state index contributed by atoms with van der Waals surface area (Å²) >= 11 is 1.42. The Morgan fingerprint density at radius 2 is 2.62 bits per heavy atom. The van der Waals surface area contributed by atoms with E-state index in [9.17, 15) is 4.79 Å². The third kappa shape index (κ3) is 1.37. The summed E-state index contributed by atoms with van der Waals surface area (Å²) in [5.74, 6) is 0. The molecule has 44 valence electrons. The molecule has 0 radical (unpaired) electrons. The van der Waals surface area contributed by atoms with Crippen molar-refractivity contribution in [1.29, 1.82) is 0 Å². The van der Waals surface area contributed by atoms with Crippen LogP contribution in [0.3, 0.4) is 0 Å². The molecule has 0 N–H and O–H groups in total. The summed E-state index contributed by atoms with van der Waals surface area (Å²) in [6.07, 6.45) is 4.62. The minimum atomic E-state index is 0.292. The Labute approximate surface area is 53.2 Å². The fourth-order valence-corrected chi connectivity index (χ4v) is 1.45. The minimum absolute atomic E-state index is 0.292. The van der Waals surface area contributed by atoms with Crippen LogP contribution >= 0.6 is 11.8 Å². The van der Waals surface area contributed by atoms with Gasteiger partial charge in [0.25, 0.3) is 0 Å². The van der Waals surface area contributed by atoms with Gasteiger partial charge in [-0.2, -0.15) is 0 Å². The van der Waals surface area contributed by atoms with Crippen molar-refractivity contribution in [2.45, 2.75) is 18.6 Å². The van der Waals surface area contributed by atoms with Crippen molar-refractivity contribution in [2.75, 3.05) is 0 Å². The molecule has 1 aliphatic rings. The Morgan fingerprint density at radius 3 is 3.00 bits per heavy atom. The number of hydrogen-bond acceptors (Lipinski definition) is 2. The summed E-state index contributed by atoms with van der Waals surface area (Å²) < 4.78 is 0. The van der Waals surface area contributed by atoms with Gasteiger partial charge < -0.3 is 0 Å². The molecule has 1 nitrogen and oxygen atoms in total. The topological polar surface area (TPSA) is 17.1 Å². The highest BCUT2D eigenvalue weighted by Gasteiger charge is 2.09. The molecule has 8 heavy (non-hydrogen) atoms. The molecule has 0 saturated heterocycles. The van der Waals surface area contributed by atoms with E-state index in [0.717, 1.165) is 0 Å². The lowest BCUT2D eigenvalue weighted by Gasteiger charge is -2.07. The fraction of sp³-hybridized carbons (Fsp3) is 0.500. The molecule has 1 rings (SSSR count). The van der Waals surface area contributed by atoms with Gasteiger partial charge in [-0.1, -0.05) is 23.9 Å². The maximum atomic E-state index is 10.6. The first-order chi connectivity index (χ1) is 3.79. The zero-order valence-electron chi connectivity index (χ0n) is 4.76. The molecule has 0 bridgehead atoms. The lowest BCUT2D eigenvalue weighted by atomic mass is 10.3. The molecular formula is C6H8OS. The maximum Gasteiger partial charge on any atom is 0.193 e. The summed E-state index contributed by atoms with van der Waals surface area (Å²) in [7, 11) is 0. The highest BCUT2D eigenvalue weighted by Crippen LogP contribution is 2.19. The van der Waals surface area contributed by atoms with Gasteiger partial charge in [-0.25, -0.2) is 0 Å². The second kappa shape index (κ2) is 2.35. The van der Waals surface area contributed by atoms with Crippen LogP contribution in [-0.2, 0) is 4.79 Å². The molecule has 2 heteroatoms. The van der Waals surface area contributed by atoms with E-state index in [1.807, 2.05) is 13.0 Å². The normalized spacial score (nSPS) is 28.6. The Hall–Kier alpha value is -0.240. The first kappa shape index (κ1) is 5.89. The summed E-state index contributed by atoms with van der Waals surface area (Å²) in [4.78, 5) is 10.6. The van der Waals surface area contributed by atoms with Gasteiger partial charge in [-0.05, 0) is 6.92 Å². The summed E-state index contributed by atoms with van der Waals surface area (Å²) in [6.45, 7) is 2.03. The quantitative estimate of drug-likeness (QED) is 0.461. The Kier molecular flexibility index (Phi) is 1.73. The zero-order chi connectivity index (χ0) is 5.98. The van der Waals surface area contributed by atoms with Crippen LogP contribution in [0.25, 0.3) is 0 Å². The lowest BCUT2D eigenvalue weighted by Crippen LogP contribution is -2.02. The van der Waals surface area contributed by atoms with E-state index in [4.69, 9.17) is 0 Å². The van der Waals surface area contributed by atoms with Crippen LogP contribution in [-0.4, -0.2) is 10.4 Å². The van der Waals surface area contributed by atoms with Gasteiger partial charge in [0, 0.05) is 11.7 Å². The van der Waals surface area contributed by atoms with Crippen LogP contribution < -0.4 is 0 Å². The average Bonchev–Trinajstić information content (AvgIpc) is 1.64. The Morgan fingerprint density at radius 1 is 1.88 bits per heavy atom. The van der Waals surface area contributed by atoms with Crippen LogP contribution in [0.1, 0.15) is 13.3 Å². The largest absolute Gasteiger partial charge is 0.287 e. The number of hydrogen-bond donors (Lipinski definition) is 0. The van der Waals surface area contributed by atoms with Crippen LogP contribution in [0.4, 0.5) is 0 Å². The second-order valence-corrected chi connectivity index (χ2v) is 3.26. The van der Waals surface area contributed by atoms with Gasteiger partial charge in [0.05, 0.1) is 0 Å². The smallest absolute Gasteiger partial charge is 0.193 e. The van der Waals surface area contributed by atoms with E-state index >= 15 is 0 Å². The zero-order valence-corrected chi connectivity index (χ0v) is 5.57. The van der Waals surface area contributed by atoms with Crippen molar-refractivity contribution >= 4 is 16.9 Å². The summed E-state index contributed by atoms with van der Waals surface area (Å²) in [5.41, 5.74) is 0. The predicted molar refractivity (Wildman–Crippen MR) is 35.8 cm³/mol. The molecule has 1 unspecified atom stereocenters. The third-order valence-electron chi connectivity index (χ3n) is 1.01. The van der Waals surface area contributed by atoms with Gasteiger partial charge >= 0.3 is 0 Å². The first-order valence-electron chi connectivity index (χ1n) is 2.65. The van der Waals surface area contributed by atoms with Crippen molar-refractivity contribution in [1.82, 2.24) is 0 Å². The average molecular weight is 128 g/mol. The van der Waals surface area contributed by atoms with Gasteiger partial charge in [0.15, 0.2) is 5.12 Å². The maximum absolute atomic E-state index is 10.6. The van der Waals surface area contributed by atoms with E-state index in [2.05, 4.69) is 6.08 Å². The van der Waals surface area contributed by atoms with Crippen LogP contribution in [0, 0.1) is 0 Å². The van der Waals surface area contributed by atoms with Crippen molar-refractivity contribution in [3.05, 3.63) is 12.2 Å². The molecule has 1 heterocycles. The highest BCUT2D eigenvalue weighted by atomic mass is 32.2.